The number of amides is 1. The van der Waals surface area contributed by atoms with Crippen molar-refractivity contribution in [3.8, 4) is 0 Å². The van der Waals surface area contributed by atoms with Gasteiger partial charge in [-0.25, -0.2) is 13.2 Å². The fourth-order valence-corrected chi connectivity index (χ4v) is 4.65. The van der Waals surface area contributed by atoms with Crippen molar-refractivity contribution in [1.82, 2.24) is 4.31 Å². The van der Waals surface area contributed by atoms with E-state index in [9.17, 15) is 28.1 Å². The summed E-state index contributed by atoms with van der Waals surface area (Å²) < 4.78 is 31.4. The predicted octanol–water partition coefficient (Wildman–Crippen LogP) is 2.48. The second-order valence-electron chi connectivity index (χ2n) is 7.02. The van der Waals surface area contributed by atoms with E-state index < -0.39 is 33.4 Å². The zero-order chi connectivity index (χ0) is 22.6. The van der Waals surface area contributed by atoms with Crippen molar-refractivity contribution in [2.24, 2.45) is 0 Å². The summed E-state index contributed by atoms with van der Waals surface area (Å²) in [4.78, 5) is 34.7. The molecule has 0 radical (unpaired) electrons. The lowest BCUT2D eigenvalue weighted by Gasteiger charge is -2.15. The van der Waals surface area contributed by atoms with Gasteiger partial charge in [-0.1, -0.05) is 6.07 Å². The molecule has 2 aromatic carbocycles. The van der Waals surface area contributed by atoms with Crippen molar-refractivity contribution < 1.29 is 27.7 Å². The number of sulfonamides is 1. The van der Waals surface area contributed by atoms with Gasteiger partial charge >= 0.3 is 5.97 Å². The van der Waals surface area contributed by atoms with Gasteiger partial charge in [0.1, 0.15) is 0 Å². The van der Waals surface area contributed by atoms with Crippen molar-refractivity contribution in [3.63, 3.8) is 0 Å². The number of aryl methyl sites for hydroxylation is 1. The van der Waals surface area contributed by atoms with Crippen LogP contribution in [0.3, 0.4) is 0 Å². The summed E-state index contributed by atoms with van der Waals surface area (Å²) in [5.74, 6) is -1.46. The first-order valence-corrected chi connectivity index (χ1v) is 10.9. The topological polar surface area (TPSA) is 136 Å². The number of carbonyl (C=O) groups is 2. The van der Waals surface area contributed by atoms with Gasteiger partial charge in [-0.3, -0.25) is 14.9 Å². The Morgan fingerprint density at radius 3 is 2.39 bits per heavy atom. The average Bonchev–Trinajstić information content (AvgIpc) is 3.29. The van der Waals surface area contributed by atoms with Crippen LogP contribution in [0.2, 0.25) is 0 Å². The second kappa shape index (κ2) is 9.23. The number of nitrogens with zero attached hydrogens (tertiary/aromatic N) is 2. The Balaban J connectivity index is 1.57. The van der Waals surface area contributed by atoms with E-state index >= 15 is 0 Å². The van der Waals surface area contributed by atoms with Crippen molar-refractivity contribution in [1.29, 1.82) is 0 Å². The Kier molecular flexibility index (Phi) is 6.66. The molecule has 3 rings (SSSR count). The molecule has 10 nitrogen and oxygen atoms in total. The summed E-state index contributed by atoms with van der Waals surface area (Å²) in [7, 11) is -3.59. The Morgan fingerprint density at radius 1 is 1.13 bits per heavy atom. The Bertz CT molecular complexity index is 1110. The summed E-state index contributed by atoms with van der Waals surface area (Å²) in [6, 6.07) is 9.53. The molecular formula is C20H21N3O7S. The minimum atomic E-state index is -3.59. The minimum Gasteiger partial charge on any atom is -0.452 e. The molecule has 0 unspecified atom stereocenters. The lowest BCUT2D eigenvalue weighted by Crippen LogP contribution is -2.27. The van der Waals surface area contributed by atoms with Crippen LogP contribution >= 0.6 is 0 Å². The van der Waals surface area contributed by atoms with Gasteiger partial charge in [-0.2, -0.15) is 4.31 Å². The van der Waals surface area contributed by atoms with Crippen LogP contribution in [0.5, 0.6) is 0 Å². The number of hydrogen-bond acceptors (Lipinski definition) is 7. The molecule has 1 aliphatic rings. The highest BCUT2D eigenvalue weighted by atomic mass is 32.2. The fourth-order valence-electron chi connectivity index (χ4n) is 3.14. The molecule has 11 heteroatoms. The van der Waals surface area contributed by atoms with Gasteiger partial charge in [0, 0.05) is 30.4 Å². The number of benzene rings is 2. The lowest BCUT2D eigenvalue weighted by atomic mass is 10.2. The molecule has 1 aliphatic heterocycles. The summed E-state index contributed by atoms with van der Waals surface area (Å²) >= 11 is 0. The number of nitro groups is 1. The Hall–Kier alpha value is -3.31. The molecular weight excluding hydrogens is 426 g/mol. The predicted molar refractivity (Wildman–Crippen MR) is 111 cm³/mol. The molecule has 1 N–H and O–H groups in total. The minimum absolute atomic E-state index is 0.0876. The molecule has 0 aliphatic carbocycles. The van der Waals surface area contributed by atoms with Crippen LogP contribution in [0.15, 0.2) is 47.4 Å². The molecule has 31 heavy (non-hydrogen) atoms. The SMILES string of the molecule is Cc1ccc(NC(=O)COC(=O)c2ccc(S(=O)(=O)N3CCCC3)cc2)cc1[N+](=O)[O-]. The third-order valence-electron chi connectivity index (χ3n) is 4.82. The van der Waals surface area contributed by atoms with Crippen LogP contribution in [0.4, 0.5) is 11.4 Å². The van der Waals surface area contributed by atoms with Gasteiger partial charge in [0.15, 0.2) is 6.61 Å². The van der Waals surface area contributed by atoms with Gasteiger partial charge in [0.25, 0.3) is 11.6 Å². The van der Waals surface area contributed by atoms with Crippen LogP contribution in [0, 0.1) is 17.0 Å². The van der Waals surface area contributed by atoms with Crippen molar-refractivity contribution in [3.05, 3.63) is 63.7 Å². The van der Waals surface area contributed by atoms with E-state index in [4.69, 9.17) is 4.74 Å². The van der Waals surface area contributed by atoms with Crippen LogP contribution < -0.4 is 5.32 Å². The molecule has 1 amide bonds. The highest BCUT2D eigenvalue weighted by Crippen LogP contribution is 2.23. The smallest absolute Gasteiger partial charge is 0.338 e. The molecule has 0 saturated carbocycles. The number of carbonyl (C=O) groups excluding carboxylic acids is 2. The molecule has 164 valence electrons. The van der Waals surface area contributed by atoms with Crippen molar-refractivity contribution in [2.75, 3.05) is 25.0 Å². The Labute approximate surface area is 179 Å². The lowest BCUT2D eigenvalue weighted by molar-refractivity contribution is -0.385. The van der Waals surface area contributed by atoms with Gasteiger partial charge < -0.3 is 10.1 Å². The van der Waals surface area contributed by atoms with Crippen molar-refractivity contribution in [2.45, 2.75) is 24.7 Å². The van der Waals surface area contributed by atoms with E-state index in [0.29, 0.717) is 18.7 Å². The largest absolute Gasteiger partial charge is 0.452 e. The number of hydrogen-bond donors (Lipinski definition) is 1. The second-order valence-corrected chi connectivity index (χ2v) is 8.96. The molecule has 2 aromatic rings. The molecule has 0 aromatic heterocycles. The van der Waals surface area contributed by atoms with Crippen LogP contribution in [0.25, 0.3) is 0 Å². The summed E-state index contributed by atoms with van der Waals surface area (Å²) in [5.41, 5.74) is 0.609. The zero-order valence-electron chi connectivity index (χ0n) is 16.7. The van der Waals surface area contributed by atoms with Gasteiger partial charge in [0.2, 0.25) is 10.0 Å². The van der Waals surface area contributed by atoms with E-state index in [-0.39, 0.29) is 21.8 Å². The summed E-state index contributed by atoms with van der Waals surface area (Å²) in [6.07, 6.45) is 1.64. The number of anilines is 1. The van der Waals surface area contributed by atoms with Crippen LogP contribution in [0.1, 0.15) is 28.8 Å². The first-order chi connectivity index (χ1) is 14.7. The third kappa shape index (κ3) is 5.25. The quantitative estimate of drug-likeness (QED) is 0.391. The molecule has 1 heterocycles. The summed E-state index contributed by atoms with van der Waals surface area (Å²) in [6.45, 7) is 1.93. The molecule has 0 atom stereocenters. The molecule has 0 bridgehead atoms. The first-order valence-electron chi connectivity index (χ1n) is 9.51. The van der Waals surface area contributed by atoms with Gasteiger partial charge in [-0.15, -0.1) is 0 Å². The maximum Gasteiger partial charge on any atom is 0.338 e. The van der Waals surface area contributed by atoms with Gasteiger partial charge in [0.05, 0.1) is 15.4 Å². The number of ether oxygens (including phenoxy) is 1. The van der Waals surface area contributed by atoms with Crippen molar-refractivity contribution >= 4 is 33.3 Å². The average molecular weight is 447 g/mol. The maximum absolute atomic E-state index is 12.5. The number of nitro benzene ring substituents is 1. The highest BCUT2D eigenvalue weighted by Gasteiger charge is 2.27. The number of nitrogens with one attached hydrogen (secondary N) is 1. The fraction of sp³-hybridized carbons (Fsp3) is 0.300. The van der Waals surface area contributed by atoms with E-state index in [0.717, 1.165) is 12.8 Å². The van der Waals surface area contributed by atoms with E-state index in [1.165, 1.54) is 46.8 Å². The molecule has 1 fully saturated rings. The first kappa shape index (κ1) is 22.4. The standard InChI is InChI=1S/C20H21N3O7S/c1-14-4-7-16(12-18(14)23(26)27)21-19(24)13-30-20(25)15-5-8-17(9-6-15)31(28,29)22-10-2-3-11-22/h4-9,12H,2-3,10-11,13H2,1H3,(H,21,24). The molecule has 1 saturated heterocycles. The van der Waals surface area contributed by atoms with E-state index in [1.807, 2.05) is 0 Å². The Morgan fingerprint density at radius 2 is 1.77 bits per heavy atom. The zero-order valence-corrected chi connectivity index (χ0v) is 17.6. The van der Waals surface area contributed by atoms with E-state index in [2.05, 4.69) is 5.32 Å². The van der Waals surface area contributed by atoms with Crippen LogP contribution in [-0.2, 0) is 19.6 Å². The normalized spacial score (nSPS) is 14.2. The van der Waals surface area contributed by atoms with E-state index in [1.54, 1.807) is 6.92 Å². The van der Waals surface area contributed by atoms with Gasteiger partial charge in [-0.05, 0) is 50.1 Å². The summed E-state index contributed by atoms with van der Waals surface area (Å²) in [5, 5.41) is 13.4. The number of rotatable bonds is 7. The monoisotopic (exact) mass is 447 g/mol. The number of esters is 1. The third-order valence-corrected chi connectivity index (χ3v) is 6.73. The molecule has 0 spiro atoms. The maximum atomic E-state index is 12.5. The highest BCUT2D eigenvalue weighted by molar-refractivity contribution is 7.89. The van der Waals surface area contributed by atoms with Crippen LogP contribution in [-0.4, -0.2) is 49.2 Å².